The van der Waals surface area contributed by atoms with E-state index in [1.165, 1.54) is 25.8 Å². The second kappa shape index (κ2) is 5.10. The Hall–Kier alpha value is -0.120. The molecule has 2 heterocycles. The van der Waals surface area contributed by atoms with Gasteiger partial charge >= 0.3 is 0 Å². The quantitative estimate of drug-likeness (QED) is 0.712. The van der Waals surface area contributed by atoms with Crippen molar-refractivity contribution in [1.82, 2.24) is 10.2 Å². The van der Waals surface area contributed by atoms with Gasteiger partial charge in [0.2, 0.25) is 0 Å². The fourth-order valence-electron chi connectivity index (χ4n) is 2.62. The van der Waals surface area contributed by atoms with Gasteiger partial charge < -0.3 is 10.1 Å². The molecule has 0 aromatic carbocycles. The highest BCUT2D eigenvalue weighted by Gasteiger charge is 2.28. The van der Waals surface area contributed by atoms with Crippen molar-refractivity contribution >= 4 is 0 Å². The SMILES string of the molecule is CCC1CNCCN1C1CCCOC1. The number of piperazine rings is 1. The lowest BCUT2D eigenvalue weighted by molar-refractivity contribution is -0.00795. The first kappa shape index (κ1) is 10.4. The second-order valence-corrected chi connectivity index (χ2v) is 4.37. The minimum atomic E-state index is 0.691. The Morgan fingerprint density at radius 2 is 2.43 bits per heavy atom. The van der Waals surface area contributed by atoms with Gasteiger partial charge in [-0.15, -0.1) is 0 Å². The summed E-state index contributed by atoms with van der Waals surface area (Å²) in [5.74, 6) is 0. The molecule has 0 spiro atoms. The fraction of sp³-hybridized carbons (Fsp3) is 1.00. The van der Waals surface area contributed by atoms with Gasteiger partial charge in [-0.2, -0.15) is 0 Å². The molecule has 82 valence electrons. The van der Waals surface area contributed by atoms with E-state index in [0.29, 0.717) is 6.04 Å². The molecular weight excluding hydrogens is 176 g/mol. The number of rotatable bonds is 2. The predicted molar refractivity (Wildman–Crippen MR) is 57.5 cm³/mol. The summed E-state index contributed by atoms with van der Waals surface area (Å²) < 4.78 is 5.57. The van der Waals surface area contributed by atoms with Crippen LogP contribution in [0.3, 0.4) is 0 Å². The number of nitrogens with zero attached hydrogens (tertiary/aromatic N) is 1. The number of hydrogen-bond acceptors (Lipinski definition) is 3. The molecule has 3 heteroatoms. The predicted octanol–water partition coefficient (Wildman–Crippen LogP) is 0.849. The second-order valence-electron chi connectivity index (χ2n) is 4.37. The normalized spacial score (nSPS) is 35.8. The van der Waals surface area contributed by atoms with Gasteiger partial charge in [-0.25, -0.2) is 0 Å². The molecule has 0 aromatic rings. The van der Waals surface area contributed by atoms with Gasteiger partial charge in [-0.05, 0) is 19.3 Å². The summed E-state index contributed by atoms with van der Waals surface area (Å²) in [5, 5.41) is 3.47. The molecule has 2 aliphatic rings. The van der Waals surface area contributed by atoms with Crippen LogP contribution in [0.2, 0.25) is 0 Å². The van der Waals surface area contributed by atoms with Crippen LogP contribution < -0.4 is 5.32 Å². The maximum Gasteiger partial charge on any atom is 0.0621 e. The number of ether oxygens (including phenoxy) is 1. The van der Waals surface area contributed by atoms with Crippen molar-refractivity contribution in [3.63, 3.8) is 0 Å². The monoisotopic (exact) mass is 198 g/mol. The van der Waals surface area contributed by atoms with Gasteiger partial charge in [0.05, 0.1) is 6.61 Å². The lowest BCUT2D eigenvalue weighted by Crippen LogP contribution is -2.56. The zero-order chi connectivity index (χ0) is 9.80. The molecule has 2 saturated heterocycles. The van der Waals surface area contributed by atoms with Crippen LogP contribution in [-0.4, -0.2) is 49.8 Å². The molecule has 2 unspecified atom stereocenters. The Kier molecular flexibility index (Phi) is 3.79. The smallest absolute Gasteiger partial charge is 0.0621 e. The van der Waals surface area contributed by atoms with Crippen molar-refractivity contribution in [2.75, 3.05) is 32.8 Å². The maximum absolute atomic E-state index is 5.57. The number of hydrogen-bond donors (Lipinski definition) is 1. The van der Waals surface area contributed by atoms with Crippen molar-refractivity contribution in [1.29, 1.82) is 0 Å². The van der Waals surface area contributed by atoms with Crippen LogP contribution in [0.15, 0.2) is 0 Å². The van der Waals surface area contributed by atoms with Crippen molar-refractivity contribution in [2.24, 2.45) is 0 Å². The van der Waals surface area contributed by atoms with Crippen molar-refractivity contribution in [2.45, 2.75) is 38.3 Å². The Bertz CT molecular complexity index is 169. The third kappa shape index (κ3) is 2.27. The minimum absolute atomic E-state index is 0.691. The summed E-state index contributed by atoms with van der Waals surface area (Å²) in [7, 11) is 0. The molecule has 0 aromatic heterocycles. The largest absolute Gasteiger partial charge is 0.380 e. The molecular formula is C11H22N2O. The Morgan fingerprint density at radius 3 is 3.14 bits per heavy atom. The van der Waals surface area contributed by atoms with Gasteiger partial charge in [0.25, 0.3) is 0 Å². The lowest BCUT2D eigenvalue weighted by atomic mass is 10.0. The van der Waals surface area contributed by atoms with Crippen LogP contribution in [0.4, 0.5) is 0 Å². The van der Waals surface area contributed by atoms with Crippen LogP contribution in [0.5, 0.6) is 0 Å². The van der Waals surface area contributed by atoms with E-state index in [1.54, 1.807) is 0 Å². The average molecular weight is 198 g/mol. The molecule has 2 aliphatic heterocycles. The standard InChI is InChI=1S/C11H22N2O/c1-2-10-8-12-5-6-13(10)11-4-3-7-14-9-11/h10-12H,2-9H2,1H3. The van der Waals surface area contributed by atoms with E-state index in [-0.39, 0.29) is 0 Å². The van der Waals surface area contributed by atoms with E-state index in [1.807, 2.05) is 0 Å². The van der Waals surface area contributed by atoms with E-state index >= 15 is 0 Å². The fourth-order valence-corrected chi connectivity index (χ4v) is 2.62. The summed E-state index contributed by atoms with van der Waals surface area (Å²) in [6, 6.07) is 1.42. The lowest BCUT2D eigenvalue weighted by Gasteiger charge is -2.42. The Labute approximate surface area is 86.8 Å². The average Bonchev–Trinajstić information content (AvgIpc) is 2.30. The van der Waals surface area contributed by atoms with Crippen LogP contribution >= 0.6 is 0 Å². The van der Waals surface area contributed by atoms with Gasteiger partial charge in [-0.1, -0.05) is 6.92 Å². The van der Waals surface area contributed by atoms with Crippen LogP contribution in [0.1, 0.15) is 26.2 Å². The van der Waals surface area contributed by atoms with Crippen molar-refractivity contribution in [3.8, 4) is 0 Å². The van der Waals surface area contributed by atoms with Crippen molar-refractivity contribution in [3.05, 3.63) is 0 Å². The van der Waals surface area contributed by atoms with Crippen molar-refractivity contribution < 1.29 is 4.74 Å². The van der Waals surface area contributed by atoms with Crippen LogP contribution in [0.25, 0.3) is 0 Å². The zero-order valence-corrected chi connectivity index (χ0v) is 9.17. The third-order valence-electron chi connectivity index (χ3n) is 3.47. The van der Waals surface area contributed by atoms with E-state index in [4.69, 9.17) is 4.74 Å². The molecule has 0 saturated carbocycles. The molecule has 0 bridgehead atoms. The van der Waals surface area contributed by atoms with Gasteiger partial charge in [-0.3, -0.25) is 4.90 Å². The molecule has 2 fully saturated rings. The summed E-state index contributed by atoms with van der Waals surface area (Å²) in [6.45, 7) is 7.72. The first-order valence-corrected chi connectivity index (χ1v) is 5.96. The molecule has 2 rings (SSSR count). The highest BCUT2D eigenvalue weighted by molar-refractivity contribution is 4.85. The van der Waals surface area contributed by atoms with Crippen LogP contribution in [0, 0.1) is 0 Å². The third-order valence-corrected chi connectivity index (χ3v) is 3.47. The number of nitrogens with one attached hydrogen (secondary N) is 1. The van der Waals surface area contributed by atoms with E-state index in [0.717, 1.165) is 32.3 Å². The first-order chi connectivity index (χ1) is 6.92. The Morgan fingerprint density at radius 1 is 1.50 bits per heavy atom. The molecule has 3 nitrogen and oxygen atoms in total. The Balaban J connectivity index is 1.91. The van der Waals surface area contributed by atoms with E-state index < -0.39 is 0 Å². The van der Waals surface area contributed by atoms with Gasteiger partial charge in [0, 0.05) is 38.3 Å². The van der Waals surface area contributed by atoms with Crippen LogP contribution in [-0.2, 0) is 4.74 Å². The van der Waals surface area contributed by atoms with E-state index in [2.05, 4.69) is 17.1 Å². The first-order valence-electron chi connectivity index (χ1n) is 5.96. The highest BCUT2D eigenvalue weighted by Crippen LogP contribution is 2.18. The van der Waals surface area contributed by atoms with Gasteiger partial charge in [0.15, 0.2) is 0 Å². The summed E-state index contributed by atoms with van der Waals surface area (Å²) >= 11 is 0. The molecule has 1 N–H and O–H groups in total. The topological polar surface area (TPSA) is 24.5 Å². The molecule has 0 radical (unpaired) electrons. The minimum Gasteiger partial charge on any atom is -0.380 e. The molecule has 0 aliphatic carbocycles. The van der Waals surface area contributed by atoms with E-state index in [9.17, 15) is 0 Å². The molecule has 14 heavy (non-hydrogen) atoms. The maximum atomic E-state index is 5.57. The molecule has 0 amide bonds. The summed E-state index contributed by atoms with van der Waals surface area (Å²) in [6.07, 6.45) is 3.82. The highest BCUT2D eigenvalue weighted by atomic mass is 16.5. The van der Waals surface area contributed by atoms with Gasteiger partial charge in [0.1, 0.15) is 0 Å². The summed E-state index contributed by atoms with van der Waals surface area (Å²) in [4.78, 5) is 2.66. The molecule has 2 atom stereocenters. The zero-order valence-electron chi connectivity index (χ0n) is 9.17. The summed E-state index contributed by atoms with van der Waals surface area (Å²) in [5.41, 5.74) is 0.